The van der Waals surface area contributed by atoms with Gasteiger partial charge in [0.1, 0.15) is 0 Å². The summed E-state index contributed by atoms with van der Waals surface area (Å²) in [5, 5.41) is 17.6. The molecule has 0 atom stereocenters. The molecule has 0 heterocycles. The Bertz CT molecular complexity index is 760. The van der Waals surface area contributed by atoms with Crippen LogP contribution in [0, 0.1) is 17.0 Å². The first kappa shape index (κ1) is 17.7. The van der Waals surface area contributed by atoms with E-state index in [9.17, 15) is 10.1 Å². The summed E-state index contributed by atoms with van der Waals surface area (Å²) in [6.07, 6.45) is 0.977. The van der Waals surface area contributed by atoms with E-state index in [-0.39, 0.29) is 11.4 Å². The van der Waals surface area contributed by atoms with Crippen LogP contribution in [0.2, 0.25) is 0 Å². The Labute approximate surface area is 146 Å². The molecule has 0 unspecified atom stereocenters. The van der Waals surface area contributed by atoms with Crippen LogP contribution < -0.4 is 15.4 Å². The molecule has 24 heavy (non-hydrogen) atoms. The Balaban J connectivity index is 2.14. The molecule has 0 saturated carbocycles. The van der Waals surface area contributed by atoms with Crippen molar-refractivity contribution in [3.63, 3.8) is 0 Å². The van der Waals surface area contributed by atoms with Crippen LogP contribution in [0.25, 0.3) is 0 Å². The van der Waals surface area contributed by atoms with Gasteiger partial charge in [-0.3, -0.25) is 10.1 Å². The van der Waals surface area contributed by atoms with E-state index in [0.29, 0.717) is 16.4 Å². The Hall–Kier alpha value is -2.67. The molecule has 6 nitrogen and oxygen atoms in total. The largest absolute Gasteiger partial charge is 0.490 e. The topological polar surface area (TPSA) is 76.4 Å². The molecule has 126 valence electrons. The highest BCUT2D eigenvalue weighted by atomic mass is 32.1. The zero-order valence-electron chi connectivity index (χ0n) is 13.8. The number of nitrogens with one attached hydrogen (secondary N) is 2. The molecule has 2 aromatic carbocycles. The van der Waals surface area contributed by atoms with Gasteiger partial charge < -0.3 is 15.4 Å². The maximum absolute atomic E-state index is 11.0. The summed E-state index contributed by atoms with van der Waals surface area (Å²) in [4.78, 5) is 10.6. The second kappa shape index (κ2) is 7.74. The second-order valence-corrected chi connectivity index (χ2v) is 5.63. The summed E-state index contributed by atoms with van der Waals surface area (Å²) in [7, 11) is 1.40. The third-order valence-corrected chi connectivity index (χ3v) is 3.79. The van der Waals surface area contributed by atoms with Crippen molar-refractivity contribution < 1.29 is 9.66 Å². The van der Waals surface area contributed by atoms with Crippen LogP contribution in [0.3, 0.4) is 0 Å². The lowest BCUT2D eigenvalue weighted by molar-refractivity contribution is -0.385. The van der Waals surface area contributed by atoms with Gasteiger partial charge in [0.25, 0.3) is 0 Å². The molecule has 0 aliphatic rings. The molecule has 2 rings (SSSR count). The van der Waals surface area contributed by atoms with Gasteiger partial charge in [-0.2, -0.15) is 0 Å². The Morgan fingerprint density at radius 1 is 1.25 bits per heavy atom. The van der Waals surface area contributed by atoms with Gasteiger partial charge in [0.15, 0.2) is 10.9 Å². The number of anilines is 2. The van der Waals surface area contributed by atoms with E-state index in [4.69, 9.17) is 17.0 Å². The number of thiocarbonyl (C=S) groups is 1. The van der Waals surface area contributed by atoms with Crippen LogP contribution in [0.5, 0.6) is 5.75 Å². The van der Waals surface area contributed by atoms with Gasteiger partial charge in [0.05, 0.1) is 12.0 Å². The number of rotatable bonds is 5. The lowest BCUT2D eigenvalue weighted by atomic mass is 10.1. The molecular weight excluding hydrogens is 326 g/mol. The number of aryl methyl sites for hydroxylation is 2. The first-order valence-electron chi connectivity index (χ1n) is 7.44. The highest BCUT2D eigenvalue weighted by Gasteiger charge is 2.17. The zero-order chi connectivity index (χ0) is 17.7. The lowest BCUT2D eigenvalue weighted by Gasteiger charge is -2.14. The van der Waals surface area contributed by atoms with Crippen molar-refractivity contribution in [3.8, 4) is 5.75 Å². The smallest absolute Gasteiger partial charge is 0.311 e. The third-order valence-electron chi connectivity index (χ3n) is 3.59. The minimum absolute atomic E-state index is 0.0745. The lowest BCUT2D eigenvalue weighted by Crippen LogP contribution is -2.19. The van der Waals surface area contributed by atoms with Crippen molar-refractivity contribution in [2.45, 2.75) is 20.3 Å². The van der Waals surface area contributed by atoms with Crippen LogP contribution in [-0.2, 0) is 6.42 Å². The van der Waals surface area contributed by atoms with Gasteiger partial charge in [-0.1, -0.05) is 19.1 Å². The molecule has 0 radical (unpaired) electrons. The first-order valence-corrected chi connectivity index (χ1v) is 7.85. The van der Waals surface area contributed by atoms with E-state index >= 15 is 0 Å². The van der Waals surface area contributed by atoms with Crippen LogP contribution in [0.1, 0.15) is 18.1 Å². The molecule has 2 N–H and O–H groups in total. The molecule has 0 aliphatic heterocycles. The van der Waals surface area contributed by atoms with E-state index in [1.165, 1.54) is 18.7 Å². The van der Waals surface area contributed by atoms with E-state index in [0.717, 1.165) is 12.1 Å². The summed E-state index contributed by atoms with van der Waals surface area (Å²) < 4.78 is 5.08. The normalized spacial score (nSPS) is 10.1. The van der Waals surface area contributed by atoms with E-state index < -0.39 is 4.92 Å². The number of ether oxygens (including phenoxy) is 1. The Kier molecular flexibility index (Phi) is 5.70. The van der Waals surface area contributed by atoms with Gasteiger partial charge in [0.2, 0.25) is 0 Å². The predicted molar refractivity (Wildman–Crippen MR) is 100 cm³/mol. The summed E-state index contributed by atoms with van der Waals surface area (Å²) in [5.74, 6) is 0.184. The van der Waals surface area contributed by atoms with E-state index in [2.05, 4.69) is 17.6 Å². The fourth-order valence-electron chi connectivity index (χ4n) is 2.22. The summed E-state index contributed by atoms with van der Waals surface area (Å²) in [5.41, 5.74) is 3.40. The standard InChI is InChI=1S/C17H19N3O3S/c1-4-12-5-7-13(8-6-12)18-17(24)19-14-10-16(23-3)15(20(21)22)9-11(14)2/h5-10H,4H2,1-3H3,(H2,18,19,24). The van der Waals surface area contributed by atoms with Crippen molar-refractivity contribution >= 4 is 34.4 Å². The maximum Gasteiger partial charge on any atom is 0.311 e. The number of nitro benzene ring substituents is 1. The number of hydrogen-bond donors (Lipinski definition) is 2. The minimum Gasteiger partial charge on any atom is -0.490 e. The van der Waals surface area contributed by atoms with Crippen LogP contribution >= 0.6 is 12.2 Å². The van der Waals surface area contributed by atoms with Gasteiger partial charge in [-0.25, -0.2) is 0 Å². The van der Waals surface area contributed by atoms with Crippen molar-refractivity contribution in [1.29, 1.82) is 0 Å². The maximum atomic E-state index is 11.0. The van der Waals surface area contributed by atoms with Crippen molar-refractivity contribution in [1.82, 2.24) is 0 Å². The first-order chi connectivity index (χ1) is 11.4. The number of nitrogens with zero attached hydrogens (tertiary/aromatic N) is 1. The fourth-order valence-corrected chi connectivity index (χ4v) is 2.45. The van der Waals surface area contributed by atoms with Crippen LogP contribution in [0.15, 0.2) is 36.4 Å². The molecule has 7 heteroatoms. The molecular formula is C17H19N3O3S. The molecule has 0 fully saturated rings. The van der Waals surface area contributed by atoms with Gasteiger partial charge in [0, 0.05) is 23.5 Å². The highest BCUT2D eigenvalue weighted by molar-refractivity contribution is 7.80. The summed E-state index contributed by atoms with van der Waals surface area (Å²) >= 11 is 5.31. The average molecular weight is 345 g/mol. The van der Waals surface area contributed by atoms with Gasteiger partial charge in [-0.15, -0.1) is 0 Å². The number of benzene rings is 2. The monoisotopic (exact) mass is 345 g/mol. The molecule has 0 spiro atoms. The van der Waals surface area contributed by atoms with E-state index in [1.54, 1.807) is 13.0 Å². The van der Waals surface area contributed by atoms with Gasteiger partial charge >= 0.3 is 5.69 Å². The highest BCUT2D eigenvalue weighted by Crippen LogP contribution is 2.32. The quantitative estimate of drug-likeness (QED) is 0.478. The van der Waals surface area contributed by atoms with Crippen molar-refractivity contribution in [2.24, 2.45) is 0 Å². The summed E-state index contributed by atoms with van der Waals surface area (Å²) in [6, 6.07) is 11.0. The van der Waals surface area contributed by atoms with Crippen molar-refractivity contribution in [2.75, 3.05) is 17.7 Å². The molecule has 2 aromatic rings. The predicted octanol–water partition coefficient (Wildman–Crippen LogP) is 4.28. The van der Waals surface area contributed by atoms with Crippen LogP contribution in [0.4, 0.5) is 17.1 Å². The summed E-state index contributed by atoms with van der Waals surface area (Å²) in [6.45, 7) is 3.87. The Morgan fingerprint density at radius 3 is 2.46 bits per heavy atom. The number of nitro groups is 1. The van der Waals surface area contributed by atoms with Crippen LogP contribution in [-0.4, -0.2) is 17.1 Å². The average Bonchev–Trinajstić information content (AvgIpc) is 2.56. The molecule has 0 amide bonds. The molecule has 0 saturated heterocycles. The molecule has 0 bridgehead atoms. The minimum atomic E-state index is -0.471. The van der Waals surface area contributed by atoms with Crippen molar-refractivity contribution in [3.05, 3.63) is 57.6 Å². The van der Waals surface area contributed by atoms with E-state index in [1.807, 2.05) is 24.3 Å². The molecule has 0 aliphatic carbocycles. The third kappa shape index (κ3) is 4.20. The second-order valence-electron chi connectivity index (χ2n) is 5.23. The SMILES string of the molecule is CCc1ccc(NC(=S)Nc2cc(OC)c([N+](=O)[O-])cc2C)cc1. The van der Waals surface area contributed by atoms with Gasteiger partial charge in [-0.05, 0) is 48.8 Å². The zero-order valence-corrected chi connectivity index (χ0v) is 14.6. The fraction of sp³-hybridized carbons (Fsp3) is 0.235. The number of hydrogen-bond acceptors (Lipinski definition) is 4. The molecule has 0 aromatic heterocycles. The number of methoxy groups -OCH3 is 1. The Morgan fingerprint density at radius 2 is 1.92 bits per heavy atom.